The normalized spacial score (nSPS) is 18.9. The molecule has 1 aliphatic rings. The smallest absolute Gasteiger partial charge is 0.253 e. The molecule has 0 bridgehead atoms. The van der Waals surface area contributed by atoms with Crippen molar-refractivity contribution in [2.24, 2.45) is 0 Å². The van der Waals surface area contributed by atoms with Crippen molar-refractivity contribution in [3.8, 4) is 5.75 Å². The second kappa shape index (κ2) is 4.91. The van der Waals surface area contributed by atoms with Crippen molar-refractivity contribution < 1.29 is 9.90 Å². The lowest BCUT2D eigenvalue weighted by atomic mass is 10.0. The van der Waals surface area contributed by atoms with Crippen LogP contribution < -0.4 is 11.1 Å². The highest BCUT2D eigenvalue weighted by Crippen LogP contribution is 2.19. The standard InChI is InChI=1S/C13H16N2O2/c14-12-7-6-10(16)8-11(12)13(17)15-9-4-2-1-3-5-9/h1-2,6-9,16H,3-5,14H2,(H,15,17). The van der Waals surface area contributed by atoms with Crippen molar-refractivity contribution in [1.82, 2.24) is 5.32 Å². The summed E-state index contributed by atoms with van der Waals surface area (Å²) in [6.07, 6.45) is 6.97. The van der Waals surface area contributed by atoms with E-state index in [1.54, 1.807) is 0 Å². The number of aromatic hydroxyl groups is 1. The van der Waals surface area contributed by atoms with Gasteiger partial charge in [-0.2, -0.15) is 0 Å². The van der Waals surface area contributed by atoms with Crippen molar-refractivity contribution in [2.45, 2.75) is 25.3 Å². The number of anilines is 1. The molecule has 1 unspecified atom stereocenters. The van der Waals surface area contributed by atoms with Crippen LogP contribution in [0.4, 0.5) is 5.69 Å². The van der Waals surface area contributed by atoms with Gasteiger partial charge in [-0.15, -0.1) is 0 Å². The highest BCUT2D eigenvalue weighted by molar-refractivity contribution is 5.99. The van der Waals surface area contributed by atoms with Gasteiger partial charge >= 0.3 is 0 Å². The van der Waals surface area contributed by atoms with Gasteiger partial charge in [0.2, 0.25) is 0 Å². The molecule has 0 aromatic heterocycles. The van der Waals surface area contributed by atoms with E-state index in [0.717, 1.165) is 19.3 Å². The molecule has 2 rings (SSSR count). The fourth-order valence-corrected chi connectivity index (χ4v) is 1.93. The topological polar surface area (TPSA) is 75.3 Å². The lowest BCUT2D eigenvalue weighted by Crippen LogP contribution is -2.35. The third-order valence-corrected chi connectivity index (χ3v) is 2.89. The molecule has 0 spiro atoms. The van der Waals surface area contributed by atoms with Crippen LogP contribution in [0.15, 0.2) is 30.4 Å². The van der Waals surface area contributed by atoms with E-state index >= 15 is 0 Å². The van der Waals surface area contributed by atoms with Gasteiger partial charge in [-0.3, -0.25) is 4.79 Å². The van der Waals surface area contributed by atoms with Gasteiger partial charge in [0.1, 0.15) is 5.75 Å². The maximum atomic E-state index is 12.0. The van der Waals surface area contributed by atoms with E-state index < -0.39 is 0 Å². The summed E-state index contributed by atoms with van der Waals surface area (Å²) in [6, 6.07) is 4.55. The summed E-state index contributed by atoms with van der Waals surface area (Å²) in [5.74, 6) is -0.174. The summed E-state index contributed by atoms with van der Waals surface area (Å²) >= 11 is 0. The molecule has 0 aliphatic heterocycles. The first-order valence-corrected chi connectivity index (χ1v) is 5.71. The van der Waals surface area contributed by atoms with E-state index in [0.29, 0.717) is 11.3 Å². The SMILES string of the molecule is Nc1ccc(O)cc1C(=O)NC1CC=CCC1. The highest BCUT2D eigenvalue weighted by Gasteiger charge is 2.16. The number of rotatable bonds is 2. The summed E-state index contributed by atoms with van der Waals surface area (Å²) < 4.78 is 0. The van der Waals surface area contributed by atoms with Crippen molar-refractivity contribution in [3.05, 3.63) is 35.9 Å². The Hall–Kier alpha value is -1.97. The zero-order valence-corrected chi connectivity index (χ0v) is 9.52. The van der Waals surface area contributed by atoms with E-state index in [1.807, 2.05) is 0 Å². The second-order valence-corrected chi connectivity index (χ2v) is 4.23. The van der Waals surface area contributed by atoms with E-state index in [-0.39, 0.29) is 17.7 Å². The lowest BCUT2D eigenvalue weighted by molar-refractivity contribution is 0.0935. The maximum absolute atomic E-state index is 12.0. The van der Waals surface area contributed by atoms with E-state index in [2.05, 4.69) is 17.5 Å². The Morgan fingerprint density at radius 2 is 2.24 bits per heavy atom. The highest BCUT2D eigenvalue weighted by atomic mass is 16.3. The molecule has 0 saturated carbocycles. The molecule has 4 nitrogen and oxygen atoms in total. The summed E-state index contributed by atoms with van der Waals surface area (Å²) in [4.78, 5) is 12.0. The third-order valence-electron chi connectivity index (χ3n) is 2.89. The number of allylic oxidation sites excluding steroid dienone is 1. The third kappa shape index (κ3) is 2.78. The number of phenols is 1. The fourth-order valence-electron chi connectivity index (χ4n) is 1.93. The molecule has 1 aromatic carbocycles. The van der Waals surface area contributed by atoms with Crippen molar-refractivity contribution in [2.75, 3.05) is 5.73 Å². The minimum absolute atomic E-state index is 0.0490. The van der Waals surface area contributed by atoms with Crippen LogP contribution in [0.3, 0.4) is 0 Å². The Labute approximate surface area is 100 Å². The van der Waals surface area contributed by atoms with Gasteiger partial charge in [0.05, 0.1) is 5.56 Å². The molecule has 0 heterocycles. The molecule has 1 atom stereocenters. The quantitative estimate of drug-likeness (QED) is 0.413. The zero-order chi connectivity index (χ0) is 12.3. The first-order chi connectivity index (χ1) is 8.16. The first-order valence-electron chi connectivity index (χ1n) is 5.71. The lowest BCUT2D eigenvalue weighted by Gasteiger charge is -2.19. The molecule has 90 valence electrons. The van der Waals surface area contributed by atoms with E-state index in [4.69, 9.17) is 5.73 Å². The van der Waals surface area contributed by atoms with Crippen LogP contribution in [0.2, 0.25) is 0 Å². The molecule has 4 heteroatoms. The molecular weight excluding hydrogens is 216 g/mol. The number of hydrogen-bond acceptors (Lipinski definition) is 3. The van der Waals surface area contributed by atoms with Crippen LogP contribution in [0.1, 0.15) is 29.6 Å². The summed E-state index contributed by atoms with van der Waals surface area (Å²) in [5.41, 5.74) is 6.42. The van der Waals surface area contributed by atoms with Crippen LogP contribution in [0.5, 0.6) is 5.75 Å². The molecule has 0 saturated heterocycles. The largest absolute Gasteiger partial charge is 0.508 e. The Morgan fingerprint density at radius 3 is 2.94 bits per heavy atom. The zero-order valence-electron chi connectivity index (χ0n) is 9.52. The number of nitrogens with two attached hydrogens (primary N) is 1. The summed E-state index contributed by atoms with van der Waals surface area (Å²) in [6.45, 7) is 0. The monoisotopic (exact) mass is 232 g/mol. The number of nitrogen functional groups attached to an aromatic ring is 1. The predicted octanol–water partition coefficient (Wildman–Crippen LogP) is 1.81. The number of carbonyl (C=O) groups excluding carboxylic acids is 1. The number of hydrogen-bond donors (Lipinski definition) is 3. The van der Waals surface area contributed by atoms with E-state index in [9.17, 15) is 9.90 Å². The molecule has 1 amide bonds. The number of carbonyl (C=O) groups is 1. The number of nitrogens with one attached hydrogen (secondary N) is 1. The number of phenolic OH excluding ortho intramolecular Hbond substituents is 1. The molecule has 1 aromatic rings. The van der Waals surface area contributed by atoms with Crippen molar-refractivity contribution in [3.63, 3.8) is 0 Å². The first kappa shape index (κ1) is 11.5. The summed E-state index contributed by atoms with van der Waals surface area (Å²) in [5, 5.41) is 12.3. The van der Waals surface area contributed by atoms with E-state index in [1.165, 1.54) is 18.2 Å². The van der Waals surface area contributed by atoms with Crippen LogP contribution in [-0.2, 0) is 0 Å². The van der Waals surface area contributed by atoms with Gasteiger partial charge in [-0.1, -0.05) is 12.2 Å². The molecular formula is C13H16N2O2. The van der Waals surface area contributed by atoms with Gasteiger partial charge in [0, 0.05) is 11.7 Å². The maximum Gasteiger partial charge on any atom is 0.253 e. The molecule has 17 heavy (non-hydrogen) atoms. The van der Waals surface area contributed by atoms with Gasteiger partial charge in [0.15, 0.2) is 0 Å². The van der Waals surface area contributed by atoms with Gasteiger partial charge in [-0.25, -0.2) is 0 Å². The Kier molecular flexibility index (Phi) is 3.32. The van der Waals surface area contributed by atoms with Crippen LogP contribution in [0, 0.1) is 0 Å². The van der Waals surface area contributed by atoms with Crippen molar-refractivity contribution in [1.29, 1.82) is 0 Å². The van der Waals surface area contributed by atoms with Crippen LogP contribution >= 0.6 is 0 Å². The minimum atomic E-state index is -0.223. The average molecular weight is 232 g/mol. The summed E-state index contributed by atoms with van der Waals surface area (Å²) in [7, 11) is 0. The van der Waals surface area contributed by atoms with Gasteiger partial charge in [0.25, 0.3) is 5.91 Å². The molecule has 0 radical (unpaired) electrons. The fraction of sp³-hybridized carbons (Fsp3) is 0.308. The predicted molar refractivity (Wildman–Crippen MR) is 66.8 cm³/mol. The van der Waals surface area contributed by atoms with Crippen molar-refractivity contribution >= 4 is 11.6 Å². The Bertz CT molecular complexity index is 455. The molecule has 0 fully saturated rings. The number of benzene rings is 1. The molecule has 1 aliphatic carbocycles. The minimum Gasteiger partial charge on any atom is -0.508 e. The van der Waals surface area contributed by atoms with Gasteiger partial charge < -0.3 is 16.2 Å². The second-order valence-electron chi connectivity index (χ2n) is 4.23. The number of amides is 1. The average Bonchev–Trinajstić information content (AvgIpc) is 2.33. The van der Waals surface area contributed by atoms with Crippen LogP contribution in [0.25, 0.3) is 0 Å². The van der Waals surface area contributed by atoms with Gasteiger partial charge in [-0.05, 0) is 37.5 Å². The van der Waals surface area contributed by atoms with Crippen LogP contribution in [-0.4, -0.2) is 17.1 Å². The Morgan fingerprint density at radius 1 is 1.41 bits per heavy atom. The molecule has 4 N–H and O–H groups in total. The Balaban J connectivity index is 2.08.